The van der Waals surface area contributed by atoms with E-state index in [9.17, 15) is 0 Å². The van der Waals surface area contributed by atoms with Crippen LogP contribution in [-0.2, 0) is 22.4 Å². The Hall–Kier alpha value is -3.86. The average Bonchev–Trinajstić information content (AvgIpc) is 3.99. The van der Waals surface area contributed by atoms with Crippen LogP contribution in [0.1, 0.15) is 22.8 Å². The SMILES string of the molecule is Brc1ccc(-c2c3nc(c(-c4ccc(Br)cc4)c4ccc([n-]4)c(-c4ccc(Br)cc4)c4ccc([n-]4)c(-c4ccc(Br)cc4)c4nc2C=C4)C=C3)cc1.[Au]. The molecular formula is C44H24AuBr4N4-2. The molecule has 7 aromatic rings. The van der Waals surface area contributed by atoms with Crippen molar-refractivity contribution in [3.63, 3.8) is 0 Å². The van der Waals surface area contributed by atoms with Gasteiger partial charge in [0.1, 0.15) is 0 Å². The van der Waals surface area contributed by atoms with Gasteiger partial charge in [0.15, 0.2) is 0 Å². The minimum absolute atomic E-state index is 0. The zero-order valence-electron chi connectivity index (χ0n) is 27.5. The second-order valence-corrected chi connectivity index (χ2v) is 16.1. The molecule has 0 fully saturated rings. The molecule has 3 aromatic heterocycles. The van der Waals surface area contributed by atoms with Gasteiger partial charge in [0, 0.05) is 45.8 Å². The van der Waals surface area contributed by atoms with E-state index in [1.54, 1.807) is 0 Å². The summed E-state index contributed by atoms with van der Waals surface area (Å²) in [4.78, 5) is 21.4. The van der Waals surface area contributed by atoms with Crippen LogP contribution in [0.5, 0.6) is 0 Å². The van der Waals surface area contributed by atoms with Crippen molar-refractivity contribution in [1.82, 2.24) is 19.9 Å². The van der Waals surface area contributed by atoms with Crippen LogP contribution >= 0.6 is 63.7 Å². The molecule has 0 saturated heterocycles. The Bertz CT molecular complexity index is 2600. The molecule has 5 heterocycles. The Labute approximate surface area is 355 Å². The van der Waals surface area contributed by atoms with Crippen LogP contribution in [0.4, 0.5) is 0 Å². The van der Waals surface area contributed by atoms with E-state index in [1.165, 1.54) is 0 Å². The average molecular weight is 1130 g/mol. The molecule has 261 valence electrons. The van der Waals surface area contributed by atoms with Gasteiger partial charge in [0.05, 0.1) is 22.8 Å². The van der Waals surface area contributed by atoms with E-state index in [0.717, 1.165) is 107 Å². The summed E-state index contributed by atoms with van der Waals surface area (Å²) in [5, 5.41) is 0. The van der Waals surface area contributed by atoms with Gasteiger partial charge >= 0.3 is 0 Å². The Morgan fingerprint density at radius 1 is 0.302 bits per heavy atom. The number of nitrogens with zero attached hydrogens (tertiary/aromatic N) is 4. The van der Waals surface area contributed by atoms with E-state index in [4.69, 9.17) is 19.9 Å². The summed E-state index contributed by atoms with van der Waals surface area (Å²) in [5.41, 5.74) is 14.5. The molecule has 0 saturated carbocycles. The van der Waals surface area contributed by atoms with E-state index in [0.29, 0.717) is 0 Å². The van der Waals surface area contributed by atoms with Crippen molar-refractivity contribution >= 4 is 110 Å². The molecule has 0 aliphatic carbocycles. The summed E-state index contributed by atoms with van der Waals surface area (Å²) >= 11 is 14.5. The van der Waals surface area contributed by atoms with Crippen LogP contribution in [0.3, 0.4) is 0 Å². The number of halogens is 4. The van der Waals surface area contributed by atoms with Gasteiger partial charge in [-0.3, -0.25) is 0 Å². The fourth-order valence-corrected chi connectivity index (χ4v) is 7.79. The molecule has 0 N–H and O–H groups in total. The quantitative estimate of drug-likeness (QED) is 0.165. The van der Waals surface area contributed by atoms with Gasteiger partial charge in [-0.25, -0.2) is 9.97 Å². The second-order valence-electron chi connectivity index (χ2n) is 12.4. The first-order valence-electron chi connectivity index (χ1n) is 16.5. The van der Waals surface area contributed by atoms with Gasteiger partial charge in [-0.05, 0) is 112 Å². The minimum atomic E-state index is 0. The first kappa shape index (κ1) is 36.1. The molecule has 0 atom stereocenters. The summed E-state index contributed by atoms with van der Waals surface area (Å²) in [7, 11) is 0. The topological polar surface area (TPSA) is 54.0 Å². The zero-order chi connectivity index (χ0) is 35.3. The van der Waals surface area contributed by atoms with Crippen LogP contribution in [-0.4, -0.2) is 9.97 Å². The number of benzene rings is 4. The summed E-state index contributed by atoms with van der Waals surface area (Å²) in [6.45, 7) is 0. The smallest absolute Gasteiger partial charge is 0.0738 e. The van der Waals surface area contributed by atoms with Crippen LogP contribution < -0.4 is 9.97 Å². The molecule has 4 nitrogen and oxygen atoms in total. The van der Waals surface area contributed by atoms with Crippen molar-refractivity contribution in [2.45, 2.75) is 0 Å². The number of hydrogen-bond donors (Lipinski definition) is 0. The molecule has 9 heteroatoms. The Morgan fingerprint density at radius 2 is 0.547 bits per heavy atom. The van der Waals surface area contributed by atoms with Crippen LogP contribution in [0, 0.1) is 0 Å². The van der Waals surface area contributed by atoms with E-state index in [1.807, 2.05) is 0 Å². The zero-order valence-corrected chi connectivity index (χ0v) is 36.0. The van der Waals surface area contributed by atoms with Gasteiger partial charge < -0.3 is 9.97 Å². The van der Waals surface area contributed by atoms with Crippen LogP contribution in [0.15, 0.2) is 139 Å². The number of aromatic nitrogens is 4. The molecule has 4 aromatic carbocycles. The van der Waals surface area contributed by atoms with E-state index in [-0.39, 0.29) is 22.4 Å². The van der Waals surface area contributed by atoms with Gasteiger partial charge in [-0.15, -0.1) is 22.1 Å². The molecule has 8 bridgehead atoms. The molecule has 0 amide bonds. The van der Waals surface area contributed by atoms with Gasteiger partial charge in [0.25, 0.3) is 0 Å². The van der Waals surface area contributed by atoms with Crippen molar-refractivity contribution in [1.29, 1.82) is 0 Å². The summed E-state index contributed by atoms with van der Waals surface area (Å²) in [6, 6.07) is 41.6. The molecule has 53 heavy (non-hydrogen) atoms. The van der Waals surface area contributed by atoms with Gasteiger partial charge in [-0.2, -0.15) is 0 Å². The summed E-state index contributed by atoms with van der Waals surface area (Å²) in [5.74, 6) is 0. The molecule has 9 rings (SSSR count). The Balaban J connectivity index is 0.00000400. The number of rotatable bonds is 4. The first-order chi connectivity index (χ1) is 25.4. The van der Waals surface area contributed by atoms with Crippen molar-refractivity contribution in [2.24, 2.45) is 0 Å². The van der Waals surface area contributed by atoms with Crippen LogP contribution in [0.25, 0.3) is 90.9 Å². The third kappa shape index (κ3) is 7.10. The van der Waals surface area contributed by atoms with Crippen molar-refractivity contribution in [3.05, 3.63) is 162 Å². The predicted molar refractivity (Wildman–Crippen MR) is 229 cm³/mol. The first-order valence-corrected chi connectivity index (χ1v) is 19.6. The third-order valence-corrected chi connectivity index (χ3v) is 11.3. The van der Waals surface area contributed by atoms with Gasteiger partial charge in [-0.1, -0.05) is 137 Å². The van der Waals surface area contributed by atoms with E-state index >= 15 is 0 Å². The predicted octanol–water partition coefficient (Wildman–Crippen LogP) is 13.6. The normalized spacial score (nSPS) is 11.8. The molecular weight excluding hydrogens is 1100 g/mol. The van der Waals surface area contributed by atoms with Crippen molar-refractivity contribution in [2.75, 3.05) is 0 Å². The largest absolute Gasteiger partial charge is 0.657 e. The van der Waals surface area contributed by atoms with Crippen molar-refractivity contribution < 1.29 is 22.4 Å². The Morgan fingerprint density at radius 3 is 0.868 bits per heavy atom. The number of fused-ring (bicyclic) bond motifs is 8. The van der Waals surface area contributed by atoms with Gasteiger partial charge in [0.2, 0.25) is 0 Å². The fourth-order valence-electron chi connectivity index (χ4n) is 6.74. The van der Waals surface area contributed by atoms with E-state index in [2.05, 4.69) is 209 Å². The molecule has 1 radical (unpaired) electrons. The maximum absolute atomic E-state index is 5.34. The molecule has 2 aliphatic rings. The Kier molecular flexibility index (Phi) is 10.3. The maximum Gasteiger partial charge on any atom is 0.0738 e. The minimum Gasteiger partial charge on any atom is -0.657 e. The van der Waals surface area contributed by atoms with E-state index < -0.39 is 0 Å². The fraction of sp³-hybridized carbons (Fsp3) is 0. The summed E-state index contributed by atoms with van der Waals surface area (Å²) in [6.07, 6.45) is 8.35. The number of hydrogen-bond acceptors (Lipinski definition) is 2. The monoisotopic (exact) mass is 1120 g/mol. The standard InChI is InChI=1S/C44H24Br4N4.Au/c45-29-9-1-25(2-10-29)41-33-17-19-35(49-33)42(26-3-11-30(46)12-4-26)37-21-23-39(51-37)44(28-7-15-32(48)16-8-28)40-24-22-38(52-40)43(36-20-18-34(41)50-36)27-5-13-31(47)14-6-27;/h1-24H;/q-2;. The molecule has 0 spiro atoms. The molecule has 2 aliphatic heterocycles. The van der Waals surface area contributed by atoms with Crippen molar-refractivity contribution in [3.8, 4) is 44.5 Å². The second kappa shape index (κ2) is 15.1. The maximum atomic E-state index is 5.34. The molecule has 0 unspecified atom stereocenters. The van der Waals surface area contributed by atoms with Crippen LogP contribution in [0.2, 0.25) is 0 Å². The summed E-state index contributed by atoms with van der Waals surface area (Å²) < 4.78 is 4.02. The third-order valence-electron chi connectivity index (χ3n) is 9.14.